The predicted octanol–water partition coefficient (Wildman–Crippen LogP) is 3.28. The lowest BCUT2D eigenvalue weighted by atomic mass is 10.1. The molecule has 1 atom stereocenters. The van der Waals surface area contributed by atoms with E-state index < -0.39 is 23.9 Å². The molecule has 1 unspecified atom stereocenters. The SMILES string of the molecule is COC(=O)c1ccc(C(=O)OC)c(NC(=O)C(C)Oc2cc(C)ccc2C)c1. The van der Waals surface area contributed by atoms with Gasteiger partial charge in [-0.2, -0.15) is 0 Å². The van der Waals surface area contributed by atoms with Crippen molar-refractivity contribution in [1.82, 2.24) is 0 Å². The molecular formula is C21H23NO6. The molecular weight excluding hydrogens is 362 g/mol. The van der Waals surface area contributed by atoms with Crippen molar-refractivity contribution in [2.24, 2.45) is 0 Å². The molecule has 0 aromatic heterocycles. The number of benzene rings is 2. The second kappa shape index (κ2) is 9.03. The number of anilines is 1. The number of carbonyl (C=O) groups excluding carboxylic acids is 3. The number of amides is 1. The average molecular weight is 385 g/mol. The summed E-state index contributed by atoms with van der Waals surface area (Å²) in [5, 5.41) is 2.63. The topological polar surface area (TPSA) is 90.9 Å². The Hall–Kier alpha value is -3.35. The summed E-state index contributed by atoms with van der Waals surface area (Å²) in [6.45, 7) is 5.41. The molecule has 0 fully saturated rings. The normalized spacial score (nSPS) is 11.3. The van der Waals surface area contributed by atoms with E-state index in [4.69, 9.17) is 9.47 Å². The van der Waals surface area contributed by atoms with Crippen molar-refractivity contribution >= 4 is 23.5 Å². The lowest BCUT2D eigenvalue weighted by molar-refractivity contribution is -0.122. The van der Waals surface area contributed by atoms with E-state index in [-0.39, 0.29) is 16.8 Å². The monoisotopic (exact) mass is 385 g/mol. The third kappa shape index (κ3) is 4.88. The second-order valence-electron chi connectivity index (χ2n) is 6.26. The van der Waals surface area contributed by atoms with Crippen LogP contribution < -0.4 is 10.1 Å². The number of aryl methyl sites for hydroxylation is 2. The Morgan fingerprint density at radius 1 is 0.929 bits per heavy atom. The van der Waals surface area contributed by atoms with Gasteiger partial charge in [-0.15, -0.1) is 0 Å². The van der Waals surface area contributed by atoms with E-state index in [2.05, 4.69) is 10.1 Å². The molecule has 0 radical (unpaired) electrons. The maximum absolute atomic E-state index is 12.6. The third-order valence-corrected chi connectivity index (χ3v) is 4.12. The molecule has 2 aromatic rings. The van der Waals surface area contributed by atoms with Crippen molar-refractivity contribution < 1.29 is 28.6 Å². The minimum absolute atomic E-state index is 0.113. The molecule has 1 amide bonds. The van der Waals surface area contributed by atoms with Crippen molar-refractivity contribution in [2.45, 2.75) is 26.9 Å². The van der Waals surface area contributed by atoms with Gasteiger partial charge in [0.1, 0.15) is 5.75 Å². The number of rotatable bonds is 6. The van der Waals surface area contributed by atoms with Gasteiger partial charge in [0.05, 0.1) is 31.0 Å². The maximum atomic E-state index is 12.6. The van der Waals surface area contributed by atoms with Crippen LogP contribution in [0, 0.1) is 13.8 Å². The highest BCUT2D eigenvalue weighted by Crippen LogP contribution is 2.23. The Kier molecular flexibility index (Phi) is 6.76. The van der Waals surface area contributed by atoms with Gasteiger partial charge in [-0.3, -0.25) is 4.79 Å². The van der Waals surface area contributed by atoms with Crippen molar-refractivity contribution in [2.75, 3.05) is 19.5 Å². The van der Waals surface area contributed by atoms with Crippen LogP contribution in [0.5, 0.6) is 5.75 Å². The first-order chi connectivity index (χ1) is 13.3. The van der Waals surface area contributed by atoms with Crippen molar-refractivity contribution in [3.05, 3.63) is 58.7 Å². The van der Waals surface area contributed by atoms with Crippen LogP contribution in [0.25, 0.3) is 0 Å². The average Bonchev–Trinajstić information content (AvgIpc) is 2.69. The molecule has 0 aliphatic carbocycles. The van der Waals surface area contributed by atoms with Gasteiger partial charge in [0.25, 0.3) is 5.91 Å². The van der Waals surface area contributed by atoms with Gasteiger partial charge in [0.15, 0.2) is 6.10 Å². The summed E-state index contributed by atoms with van der Waals surface area (Å²) in [5.74, 6) is -1.12. The standard InChI is InChI=1S/C21H23NO6/c1-12-6-7-13(2)18(10-12)28-14(3)19(23)22-17-11-15(20(24)26-4)8-9-16(17)21(25)27-5/h6-11,14H,1-5H3,(H,22,23). The summed E-state index contributed by atoms with van der Waals surface area (Å²) < 4.78 is 15.2. The fourth-order valence-corrected chi connectivity index (χ4v) is 2.49. The molecule has 1 N–H and O–H groups in total. The molecule has 0 heterocycles. The molecule has 148 valence electrons. The lowest BCUT2D eigenvalue weighted by Crippen LogP contribution is -2.31. The molecule has 0 saturated carbocycles. The second-order valence-corrected chi connectivity index (χ2v) is 6.26. The van der Waals surface area contributed by atoms with Crippen LogP contribution in [-0.4, -0.2) is 38.2 Å². The number of hydrogen-bond acceptors (Lipinski definition) is 6. The summed E-state index contributed by atoms with van der Waals surface area (Å²) in [7, 11) is 2.48. The van der Waals surface area contributed by atoms with E-state index in [1.807, 2.05) is 32.0 Å². The van der Waals surface area contributed by atoms with Crippen LogP contribution >= 0.6 is 0 Å². The van der Waals surface area contributed by atoms with Crippen LogP contribution in [0.1, 0.15) is 38.8 Å². The first-order valence-electron chi connectivity index (χ1n) is 8.62. The van der Waals surface area contributed by atoms with Gasteiger partial charge in [0, 0.05) is 0 Å². The maximum Gasteiger partial charge on any atom is 0.339 e. The molecule has 7 nitrogen and oxygen atoms in total. The van der Waals surface area contributed by atoms with E-state index in [0.29, 0.717) is 5.75 Å². The number of esters is 2. The largest absolute Gasteiger partial charge is 0.481 e. The van der Waals surface area contributed by atoms with Crippen molar-refractivity contribution in [1.29, 1.82) is 0 Å². The third-order valence-electron chi connectivity index (χ3n) is 4.12. The zero-order chi connectivity index (χ0) is 20.8. The smallest absolute Gasteiger partial charge is 0.339 e. The van der Waals surface area contributed by atoms with Gasteiger partial charge in [-0.1, -0.05) is 12.1 Å². The van der Waals surface area contributed by atoms with Gasteiger partial charge in [-0.25, -0.2) is 9.59 Å². The molecule has 0 spiro atoms. The van der Waals surface area contributed by atoms with Crippen LogP contribution in [0.2, 0.25) is 0 Å². The van der Waals surface area contributed by atoms with E-state index in [1.165, 1.54) is 32.4 Å². The summed E-state index contributed by atoms with van der Waals surface area (Å²) in [6, 6.07) is 9.88. The van der Waals surface area contributed by atoms with Gasteiger partial charge in [0.2, 0.25) is 0 Å². The van der Waals surface area contributed by atoms with Crippen LogP contribution in [-0.2, 0) is 14.3 Å². The zero-order valence-electron chi connectivity index (χ0n) is 16.5. The molecule has 0 bridgehead atoms. The van der Waals surface area contributed by atoms with E-state index >= 15 is 0 Å². The molecule has 0 aliphatic rings. The zero-order valence-corrected chi connectivity index (χ0v) is 16.5. The van der Waals surface area contributed by atoms with Crippen LogP contribution in [0.3, 0.4) is 0 Å². The molecule has 7 heteroatoms. The van der Waals surface area contributed by atoms with Crippen molar-refractivity contribution in [3.63, 3.8) is 0 Å². The van der Waals surface area contributed by atoms with Gasteiger partial charge >= 0.3 is 11.9 Å². The highest BCUT2D eigenvalue weighted by molar-refractivity contribution is 6.04. The molecule has 0 aliphatic heterocycles. The van der Waals surface area contributed by atoms with Gasteiger partial charge in [-0.05, 0) is 56.2 Å². The Balaban J connectivity index is 2.26. The molecule has 0 saturated heterocycles. The number of ether oxygens (including phenoxy) is 3. The fraction of sp³-hybridized carbons (Fsp3) is 0.286. The van der Waals surface area contributed by atoms with E-state index in [9.17, 15) is 14.4 Å². The first-order valence-corrected chi connectivity index (χ1v) is 8.62. The number of hydrogen-bond donors (Lipinski definition) is 1. The summed E-state index contributed by atoms with van der Waals surface area (Å²) in [4.78, 5) is 36.4. The van der Waals surface area contributed by atoms with Gasteiger partial charge < -0.3 is 19.5 Å². The first kappa shape index (κ1) is 21.0. The minimum atomic E-state index is -0.840. The quantitative estimate of drug-likeness (QED) is 0.768. The highest BCUT2D eigenvalue weighted by atomic mass is 16.5. The summed E-state index contributed by atoms with van der Waals surface area (Å²) >= 11 is 0. The Morgan fingerprint density at radius 2 is 1.61 bits per heavy atom. The Labute approximate surface area is 163 Å². The minimum Gasteiger partial charge on any atom is -0.481 e. The summed E-state index contributed by atoms with van der Waals surface area (Å²) in [5.41, 5.74) is 2.34. The fourth-order valence-electron chi connectivity index (χ4n) is 2.49. The van der Waals surface area contributed by atoms with Crippen molar-refractivity contribution in [3.8, 4) is 5.75 Å². The van der Waals surface area contributed by atoms with E-state index in [0.717, 1.165) is 11.1 Å². The lowest BCUT2D eigenvalue weighted by Gasteiger charge is -2.18. The number of nitrogens with one attached hydrogen (secondary N) is 1. The van der Waals surface area contributed by atoms with Crippen LogP contribution in [0.4, 0.5) is 5.69 Å². The number of methoxy groups -OCH3 is 2. The van der Waals surface area contributed by atoms with E-state index in [1.54, 1.807) is 6.92 Å². The molecule has 2 aromatic carbocycles. The molecule has 2 rings (SSSR count). The Bertz CT molecular complexity index is 906. The predicted molar refractivity (Wildman–Crippen MR) is 104 cm³/mol. The molecule has 28 heavy (non-hydrogen) atoms. The summed E-state index contributed by atoms with van der Waals surface area (Å²) in [6.07, 6.45) is -0.840. The van der Waals surface area contributed by atoms with Crippen LogP contribution in [0.15, 0.2) is 36.4 Å². The highest BCUT2D eigenvalue weighted by Gasteiger charge is 2.21. The Morgan fingerprint density at radius 3 is 2.25 bits per heavy atom. The number of carbonyl (C=O) groups is 3.